The average Bonchev–Trinajstić information content (AvgIpc) is 3.04. The summed E-state index contributed by atoms with van der Waals surface area (Å²) in [6, 6.07) is 6.59. The number of aliphatic hydroxyl groups excluding tert-OH is 1. The van der Waals surface area contributed by atoms with Crippen LogP contribution in [0.1, 0.15) is 51.0 Å². The van der Waals surface area contributed by atoms with Crippen molar-refractivity contribution in [1.82, 2.24) is 14.7 Å². The Hall–Kier alpha value is -1.83. The number of carbonyl (C=O) groups excluding carboxylic acids is 1. The number of hydrogen-bond acceptors (Lipinski definition) is 6. The first kappa shape index (κ1) is 24.8. The zero-order valence-corrected chi connectivity index (χ0v) is 20.1. The molecule has 2 fully saturated rings. The van der Waals surface area contributed by atoms with Crippen LogP contribution in [0.15, 0.2) is 18.2 Å². The van der Waals surface area contributed by atoms with E-state index >= 15 is 0 Å². The lowest BCUT2D eigenvalue weighted by molar-refractivity contribution is -0.128. The number of benzene rings is 1. The molecule has 1 atom stereocenters. The van der Waals surface area contributed by atoms with Crippen molar-refractivity contribution in [3.8, 4) is 11.5 Å². The first-order chi connectivity index (χ1) is 15.5. The molecule has 1 saturated heterocycles. The number of hydrogen-bond donors (Lipinski definition) is 1. The molecular weight excluding hydrogens is 406 g/mol. The van der Waals surface area contributed by atoms with Gasteiger partial charge in [0.25, 0.3) is 0 Å². The van der Waals surface area contributed by atoms with Crippen LogP contribution in [-0.4, -0.2) is 91.3 Å². The van der Waals surface area contributed by atoms with E-state index in [9.17, 15) is 9.90 Å². The zero-order valence-electron chi connectivity index (χ0n) is 20.1. The molecule has 1 amide bonds. The monoisotopic (exact) mass is 447 g/mol. The second-order valence-electron chi connectivity index (χ2n) is 9.32. The second-order valence-corrected chi connectivity index (χ2v) is 9.32. The Morgan fingerprint density at radius 3 is 2.62 bits per heavy atom. The summed E-state index contributed by atoms with van der Waals surface area (Å²) >= 11 is 0. The maximum atomic E-state index is 11.6. The molecule has 2 aliphatic rings. The molecule has 3 rings (SSSR count). The minimum absolute atomic E-state index is 0.155. The molecule has 0 bridgehead atoms. The van der Waals surface area contributed by atoms with Crippen molar-refractivity contribution in [2.45, 2.75) is 64.1 Å². The minimum Gasteiger partial charge on any atom is -0.493 e. The second kappa shape index (κ2) is 12.4. The summed E-state index contributed by atoms with van der Waals surface area (Å²) in [4.78, 5) is 18.2. The third-order valence-electron chi connectivity index (χ3n) is 6.80. The lowest BCUT2D eigenvalue weighted by Crippen LogP contribution is -2.40. The van der Waals surface area contributed by atoms with Crippen molar-refractivity contribution in [1.29, 1.82) is 0 Å². The third kappa shape index (κ3) is 7.36. The maximum Gasteiger partial charge on any atom is 0.219 e. The van der Waals surface area contributed by atoms with Crippen LogP contribution in [0.3, 0.4) is 0 Å². The van der Waals surface area contributed by atoms with E-state index in [4.69, 9.17) is 9.47 Å². The van der Waals surface area contributed by atoms with E-state index in [0.717, 1.165) is 44.7 Å². The molecule has 1 N–H and O–H groups in total. The van der Waals surface area contributed by atoms with Crippen molar-refractivity contribution >= 4 is 5.91 Å². The van der Waals surface area contributed by atoms with Crippen molar-refractivity contribution < 1.29 is 19.4 Å². The van der Waals surface area contributed by atoms with Crippen LogP contribution in [-0.2, 0) is 11.3 Å². The van der Waals surface area contributed by atoms with E-state index in [-0.39, 0.29) is 12.5 Å². The third-order valence-corrected chi connectivity index (χ3v) is 6.80. The normalized spacial score (nSPS) is 19.6. The van der Waals surface area contributed by atoms with Gasteiger partial charge in [-0.3, -0.25) is 9.69 Å². The summed E-state index contributed by atoms with van der Waals surface area (Å²) in [6.07, 6.45) is 6.82. The highest BCUT2D eigenvalue weighted by Crippen LogP contribution is 2.29. The van der Waals surface area contributed by atoms with E-state index in [1.165, 1.54) is 32.1 Å². The summed E-state index contributed by atoms with van der Waals surface area (Å²) in [5.74, 6) is 1.51. The maximum absolute atomic E-state index is 11.6. The molecule has 0 radical (unpaired) electrons. The molecule has 0 aromatic heterocycles. The predicted octanol–water partition coefficient (Wildman–Crippen LogP) is 2.75. The van der Waals surface area contributed by atoms with Crippen LogP contribution in [0.4, 0.5) is 0 Å². The predicted molar refractivity (Wildman–Crippen MR) is 126 cm³/mol. The quantitative estimate of drug-likeness (QED) is 0.628. The summed E-state index contributed by atoms with van der Waals surface area (Å²) < 4.78 is 11.5. The highest BCUT2D eigenvalue weighted by Gasteiger charge is 2.21. The standard InChI is InChI=1S/C25H41N3O4/c1-20(29)28-13-7-12-27(14-15-28)17-21-10-11-24(25(16-21)31-3)32-19-23(30)18-26(2)22-8-5-4-6-9-22/h10-11,16,22-23,30H,4-9,12-15,17-19H2,1-3H3/t23-/m1/s1. The molecule has 1 aromatic carbocycles. The van der Waals surface area contributed by atoms with Gasteiger partial charge in [0.1, 0.15) is 12.7 Å². The van der Waals surface area contributed by atoms with E-state index in [0.29, 0.717) is 24.1 Å². The van der Waals surface area contributed by atoms with Crippen molar-refractivity contribution in [2.75, 3.05) is 53.5 Å². The SMILES string of the molecule is COc1cc(CN2CCCN(C(C)=O)CC2)ccc1OC[C@H](O)CN(C)C1CCCCC1. The Bertz CT molecular complexity index is 723. The molecule has 1 aliphatic heterocycles. The van der Waals surface area contributed by atoms with Crippen molar-refractivity contribution in [3.05, 3.63) is 23.8 Å². The van der Waals surface area contributed by atoms with Gasteiger partial charge in [0.2, 0.25) is 5.91 Å². The number of nitrogens with zero attached hydrogens (tertiary/aromatic N) is 3. The molecule has 7 nitrogen and oxygen atoms in total. The molecule has 1 saturated carbocycles. The number of rotatable bonds is 9. The molecule has 180 valence electrons. The van der Waals surface area contributed by atoms with Gasteiger partial charge in [-0.2, -0.15) is 0 Å². The molecular formula is C25H41N3O4. The van der Waals surface area contributed by atoms with Crippen molar-refractivity contribution in [2.24, 2.45) is 0 Å². The Morgan fingerprint density at radius 1 is 1.12 bits per heavy atom. The fourth-order valence-electron chi connectivity index (χ4n) is 4.87. The average molecular weight is 448 g/mol. The van der Waals surface area contributed by atoms with Crippen molar-refractivity contribution in [3.63, 3.8) is 0 Å². The van der Waals surface area contributed by atoms with Crippen LogP contribution in [0.2, 0.25) is 0 Å². The summed E-state index contributed by atoms with van der Waals surface area (Å²) in [6.45, 7) is 6.80. The molecule has 1 aliphatic carbocycles. The van der Waals surface area contributed by atoms with Gasteiger partial charge >= 0.3 is 0 Å². The lowest BCUT2D eigenvalue weighted by Gasteiger charge is -2.32. The number of aliphatic hydroxyl groups is 1. The minimum atomic E-state index is -0.535. The molecule has 0 spiro atoms. The van der Waals surface area contributed by atoms with Crippen LogP contribution in [0.25, 0.3) is 0 Å². The van der Waals surface area contributed by atoms with Gasteiger partial charge < -0.3 is 24.4 Å². The molecule has 7 heteroatoms. The first-order valence-electron chi connectivity index (χ1n) is 12.1. The number of carbonyl (C=O) groups is 1. The van der Waals surface area contributed by atoms with Crippen LogP contribution >= 0.6 is 0 Å². The molecule has 0 unspecified atom stereocenters. The summed E-state index contributed by atoms with van der Waals surface area (Å²) in [5, 5.41) is 10.5. The zero-order chi connectivity index (χ0) is 22.9. The molecule has 1 aromatic rings. The van der Waals surface area contributed by atoms with Gasteiger partial charge in [0.15, 0.2) is 11.5 Å². The fourth-order valence-corrected chi connectivity index (χ4v) is 4.87. The van der Waals surface area contributed by atoms with E-state index in [2.05, 4.69) is 22.9 Å². The highest BCUT2D eigenvalue weighted by molar-refractivity contribution is 5.73. The summed E-state index contributed by atoms with van der Waals surface area (Å²) in [5.41, 5.74) is 1.16. The van der Waals surface area contributed by atoms with Gasteiger partial charge in [0, 0.05) is 52.2 Å². The number of methoxy groups -OCH3 is 1. The fraction of sp³-hybridized carbons (Fsp3) is 0.720. The Labute approximate surface area is 193 Å². The van der Waals surface area contributed by atoms with Crippen LogP contribution < -0.4 is 9.47 Å². The molecule has 1 heterocycles. The Kier molecular flexibility index (Phi) is 9.63. The topological polar surface area (TPSA) is 65.5 Å². The largest absolute Gasteiger partial charge is 0.493 e. The number of likely N-dealkylation sites (N-methyl/N-ethyl adjacent to an activating group) is 1. The highest BCUT2D eigenvalue weighted by atomic mass is 16.5. The Balaban J connectivity index is 1.49. The van der Waals surface area contributed by atoms with Gasteiger partial charge in [-0.25, -0.2) is 0 Å². The van der Waals surface area contributed by atoms with E-state index in [1.54, 1.807) is 14.0 Å². The lowest BCUT2D eigenvalue weighted by atomic mass is 9.94. The van der Waals surface area contributed by atoms with Gasteiger partial charge in [-0.1, -0.05) is 25.3 Å². The summed E-state index contributed by atoms with van der Waals surface area (Å²) in [7, 11) is 3.75. The van der Waals surface area contributed by atoms with Gasteiger partial charge in [-0.05, 0) is 44.0 Å². The van der Waals surface area contributed by atoms with Gasteiger partial charge in [0.05, 0.1) is 7.11 Å². The molecule has 32 heavy (non-hydrogen) atoms. The van der Waals surface area contributed by atoms with Gasteiger partial charge in [-0.15, -0.1) is 0 Å². The Morgan fingerprint density at radius 2 is 1.91 bits per heavy atom. The van der Waals surface area contributed by atoms with Crippen LogP contribution in [0.5, 0.6) is 11.5 Å². The van der Waals surface area contributed by atoms with E-state index in [1.807, 2.05) is 17.0 Å². The van der Waals surface area contributed by atoms with E-state index < -0.39 is 6.10 Å². The first-order valence-corrected chi connectivity index (χ1v) is 12.1. The van der Waals surface area contributed by atoms with Crippen LogP contribution in [0, 0.1) is 0 Å². The number of ether oxygens (including phenoxy) is 2. The number of amides is 1. The smallest absolute Gasteiger partial charge is 0.219 e.